The van der Waals surface area contributed by atoms with E-state index < -0.39 is 17.1 Å². The van der Waals surface area contributed by atoms with Crippen molar-refractivity contribution in [3.63, 3.8) is 0 Å². The molecular weight excluding hydrogens is 674 g/mol. The van der Waals surface area contributed by atoms with Crippen molar-refractivity contribution in [1.29, 1.82) is 0 Å². The second-order valence-electron chi connectivity index (χ2n) is 5.66. The van der Waals surface area contributed by atoms with Gasteiger partial charge in [0, 0.05) is 10.2 Å². The number of amides is 3. The largest absolute Gasteiger partial charge is 0.506 e. The molecule has 1 heterocycles. The molecule has 0 saturated carbocycles. The zero-order valence-electron chi connectivity index (χ0n) is 13.9. The van der Waals surface area contributed by atoms with Gasteiger partial charge in [-0.25, -0.2) is 0 Å². The normalized spacial score (nSPS) is 15.4. The lowest BCUT2D eigenvalue weighted by Crippen LogP contribution is -2.36. The molecule has 1 aliphatic heterocycles. The Balaban J connectivity index is 1.72. The highest BCUT2D eigenvalue weighted by Gasteiger charge is 2.36. The number of imide groups is 1. The minimum Gasteiger partial charge on any atom is -0.506 e. The van der Waals surface area contributed by atoms with Crippen LogP contribution in [0.2, 0.25) is 0 Å². The maximum absolute atomic E-state index is 12.6. The predicted molar refractivity (Wildman–Crippen MR) is 129 cm³/mol. The van der Waals surface area contributed by atoms with Crippen LogP contribution in [0.1, 0.15) is 5.56 Å². The van der Waals surface area contributed by atoms with Gasteiger partial charge in [0.25, 0.3) is 11.1 Å². The first-order valence-electron chi connectivity index (χ1n) is 7.73. The van der Waals surface area contributed by atoms with Gasteiger partial charge in [0.1, 0.15) is 12.3 Å². The quantitative estimate of drug-likeness (QED) is 0.349. The summed E-state index contributed by atoms with van der Waals surface area (Å²) in [5.41, 5.74) is 1.26. The van der Waals surface area contributed by atoms with E-state index in [1.165, 1.54) is 0 Å². The summed E-state index contributed by atoms with van der Waals surface area (Å²) >= 11 is 8.09. The number of nitrogens with one attached hydrogen (secondary N) is 1. The van der Waals surface area contributed by atoms with Gasteiger partial charge in [-0.15, -0.1) is 0 Å². The molecule has 0 atom stereocenters. The number of halogens is 3. The van der Waals surface area contributed by atoms with Crippen LogP contribution in [0.3, 0.4) is 0 Å². The van der Waals surface area contributed by atoms with Crippen molar-refractivity contribution < 1.29 is 19.5 Å². The Kier molecular flexibility index (Phi) is 7.04. The van der Waals surface area contributed by atoms with Gasteiger partial charge in [-0.05, 0) is 105 Å². The van der Waals surface area contributed by atoms with Crippen LogP contribution < -0.4 is 5.32 Å². The Labute approximate surface area is 200 Å². The topological polar surface area (TPSA) is 86.7 Å². The van der Waals surface area contributed by atoms with E-state index in [9.17, 15) is 19.5 Å². The van der Waals surface area contributed by atoms with Crippen LogP contribution in [-0.2, 0) is 9.59 Å². The van der Waals surface area contributed by atoms with Crippen LogP contribution >= 0.6 is 72.9 Å². The maximum atomic E-state index is 12.6. The highest BCUT2D eigenvalue weighted by atomic mass is 127. The first-order chi connectivity index (χ1) is 13.2. The molecule has 10 heteroatoms. The number of phenols is 1. The summed E-state index contributed by atoms with van der Waals surface area (Å²) in [6.45, 7) is -0.358. The average molecular weight is 685 g/mol. The third-order valence-electron chi connectivity index (χ3n) is 3.64. The Morgan fingerprint density at radius 2 is 1.79 bits per heavy atom. The summed E-state index contributed by atoms with van der Waals surface area (Å²) in [6.07, 6.45) is 1.58. The molecule has 0 unspecified atom stereocenters. The molecule has 1 saturated heterocycles. The lowest BCUT2D eigenvalue weighted by atomic mass is 10.2. The number of aromatic hydroxyl groups is 1. The summed E-state index contributed by atoms with van der Waals surface area (Å²) in [6, 6.07) is 10.4. The molecule has 2 aromatic carbocycles. The van der Waals surface area contributed by atoms with Crippen LogP contribution in [-0.4, -0.2) is 33.6 Å². The molecule has 3 rings (SSSR count). The highest BCUT2D eigenvalue weighted by molar-refractivity contribution is 14.1. The second-order valence-corrected chi connectivity index (χ2v) is 9.89. The highest BCUT2D eigenvalue weighted by Crippen LogP contribution is 2.34. The molecule has 0 bridgehead atoms. The summed E-state index contributed by atoms with van der Waals surface area (Å²) in [5.74, 6) is -0.797. The molecule has 0 aliphatic carbocycles. The van der Waals surface area contributed by atoms with E-state index in [0.717, 1.165) is 21.1 Å². The van der Waals surface area contributed by atoms with E-state index in [4.69, 9.17) is 0 Å². The molecule has 0 spiro atoms. The van der Waals surface area contributed by atoms with E-state index in [1.54, 1.807) is 42.5 Å². The number of thioether (sulfide) groups is 1. The maximum Gasteiger partial charge on any atom is 0.294 e. The summed E-state index contributed by atoms with van der Waals surface area (Å²) < 4.78 is 2.16. The lowest BCUT2D eigenvalue weighted by molar-refractivity contribution is -0.127. The van der Waals surface area contributed by atoms with Gasteiger partial charge in [0.15, 0.2) is 0 Å². The zero-order chi connectivity index (χ0) is 20.4. The van der Waals surface area contributed by atoms with Crippen LogP contribution in [0, 0.1) is 7.14 Å². The van der Waals surface area contributed by atoms with E-state index >= 15 is 0 Å². The number of hydrogen-bond acceptors (Lipinski definition) is 5. The SMILES string of the molecule is O=C(CN1C(=O)S/C(=C/c2cc(I)c(O)c(I)c2)C1=O)Nc1ccc(Br)cc1. The number of rotatable bonds is 4. The monoisotopic (exact) mass is 684 g/mol. The number of benzene rings is 2. The summed E-state index contributed by atoms with van der Waals surface area (Å²) in [4.78, 5) is 38.1. The predicted octanol–water partition coefficient (Wildman–Crippen LogP) is 5.04. The number of nitrogens with zero attached hydrogens (tertiary/aromatic N) is 1. The molecule has 6 nitrogen and oxygen atoms in total. The van der Waals surface area contributed by atoms with Gasteiger partial charge in [-0.1, -0.05) is 15.9 Å². The minimum absolute atomic E-state index is 0.177. The van der Waals surface area contributed by atoms with E-state index in [1.807, 2.05) is 45.2 Å². The minimum atomic E-state index is -0.515. The van der Waals surface area contributed by atoms with Gasteiger partial charge in [-0.2, -0.15) is 0 Å². The third kappa shape index (κ3) is 5.07. The van der Waals surface area contributed by atoms with Gasteiger partial charge in [0.2, 0.25) is 5.91 Å². The van der Waals surface area contributed by atoms with Gasteiger partial charge >= 0.3 is 0 Å². The molecule has 2 N–H and O–H groups in total. The lowest BCUT2D eigenvalue weighted by Gasteiger charge is -2.12. The molecule has 0 aromatic heterocycles. The van der Waals surface area contributed by atoms with E-state index in [0.29, 0.717) is 18.4 Å². The second kappa shape index (κ2) is 9.13. The van der Waals surface area contributed by atoms with Crippen molar-refractivity contribution in [2.75, 3.05) is 11.9 Å². The Morgan fingerprint density at radius 1 is 1.18 bits per heavy atom. The van der Waals surface area contributed by atoms with Crippen LogP contribution in [0.4, 0.5) is 10.5 Å². The average Bonchev–Trinajstić information content (AvgIpc) is 2.89. The Bertz CT molecular complexity index is 988. The number of phenolic OH excluding ortho intramolecular Hbond substituents is 1. The fourth-order valence-corrected chi connectivity index (χ4v) is 5.25. The standard InChI is InChI=1S/C18H11BrI2N2O4S/c19-10-1-3-11(4-2-10)22-15(24)8-23-17(26)14(28-18(23)27)7-9-5-12(20)16(25)13(21)6-9/h1-7,25H,8H2,(H,22,24)/b14-7+. The Hall–Kier alpha value is -1.12. The van der Waals surface area contributed by atoms with Crippen LogP contribution in [0.5, 0.6) is 5.75 Å². The summed E-state index contributed by atoms with van der Waals surface area (Å²) in [5, 5.41) is 12.0. The first kappa shape index (κ1) is 21.6. The van der Waals surface area contributed by atoms with Crippen molar-refractivity contribution in [3.8, 4) is 5.75 Å². The van der Waals surface area contributed by atoms with E-state index in [-0.39, 0.29) is 17.2 Å². The molecule has 28 heavy (non-hydrogen) atoms. The van der Waals surface area contributed by atoms with Gasteiger partial charge in [0.05, 0.1) is 12.0 Å². The molecule has 0 radical (unpaired) electrons. The fraction of sp³-hybridized carbons (Fsp3) is 0.0556. The van der Waals surface area contributed by atoms with Crippen molar-refractivity contribution in [1.82, 2.24) is 4.90 Å². The Morgan fingerprint density at radius 3 is 2.39 bits per heavy atom. The molecule has 1 aliphatic rings. The number of anilines is 1. The first-order valence-corrected chi connectivity index (χ1v) is 11.5. The number of carbonyl (C=O) groups excluding carboxylic acids is 3. The fourth-order valence-electron chi connectivity index (χ4n) is 2.33. The molecule has 144 valence electrons. The van der Waals surface area contributed by atoms with Gasteiger partial charge in [-0.3, -0.25) is 19.3 Å². The molecule has 2 aromatic rings. The van der Waals surface area contributed by atoms with Crippen molar-refractivity contribution in [2.45, 2.75) is 0 Å². The summed E-state index contributed by atoms with van der Waals surface area (Å²) in [7, 11) is 0. The van der Waals surface area contributed by atoms with E-state index in [2.05, 4.69) is 21.2 Å². The zero-order valence-corrected chi connectivity index (χ0v) is 20.6. The van der Waals surface area contributed by atoms with Crippen LogP contribution in [0.25, 0.3) is 6.08 Å². The van der Waals surface area contributed by atoms with Crippen molar-refractivity contribution in [3.05, 3.63) is 58.5 Å². The van der Waals surface area contributed by atoms with Crippen molar-refractivity contribution >= 4 is 102 Å². The molecule has 3 amide bonds. The third-order valence-corrected chi connectivity index (χ3v) is 6.72. The molecule has 1 fully saturated rings. The smallest absolute Gasteiger partial charge is 0.294 e. The van der Waals surface area contributed by atoms with Crippen LogP contribution in [0.15, 0.2) is 45.8 Å². The number of hydrogen-bond donors (Lipinski definition) is 2. The number of carbonyl (C=O) groups is 3. The molecular formula is C18H11BrI2N2O4S. The van der Waals surface area contributed by atoms with Gasteiger partial charge < -0.3 is 10.4 Å². The van der Waals surface area contributed by atoms with Crippen molar-refractivity contribution in [2.24, 2.45) is 0 Å².